The van der Waals surface area contributed by atoms with Gasteiger partial charge in [0.2, 0.25) is 5.91 Å². The van der Waals surface area contributed by atoms with Gasteiger partial charge in [0.05, 0.1) is 5.69 Å². The van der Waals surface area contributed by atoms with E-state index >= 15 is 0 Å². The molecule has 1 atom stereocenters. The maximum absolute atomic E-state index is 14.4. The van der Waals surface area contributed by atoms with Crippen molar-refractivity contribution in [1.82, 2.24) is 10.2 Å². The second-order valence-electron chi connectivity index (χ2n) is 5.57. The minimum atomic E-state index is -0.189. The van der Waals surface area contributed by atoms with E-state index in [2.05, 4.69) is 5.32 Å². The number of benzene rings is 1. The minimum Gasteiger partial charge on any atom is -0.367 e. The summed E-state index contributed by atoms with van der Waals surface area (Å²) in [5, 5.41) is 3.11. The standard InChI is InChI=1S/C16H24FN3O/c1-12(18-3)14-5-6-16(15(17)11-14)20-8-4-7-19(9-10-20)13(2)21/h5-6,11-12,18H,4,7-10H2,1-3H3. The van der Waals surface area contributed by atoms with E-state index in [1.807, 2.05) is 35.9 Å². The molecule has 1 aliphatic heterocycles. The van der Waals surface area contributed by atoms with Crippen molar-refractivity contribution in [3.8, 4) is 0 Å². The van der Waals surface area contributed by atoms with Gasteiger partial charge in [-0.3, -0.25) is 4.79 Å². The van der Waals surface area contributed by atoms with E-state index in [0.29, 0.717) is 18.8 Å². The number of hydrogen-bond acceptors (Lipinski definition) is 3. The van der Waals surface area contributed by atoms with Crippen LogP contribution < -0.4 is 10.2 Å². The molecule has 0 radical (unpaired) electrons. The third kappa shape index (κ3) is 3.73. The van der Waals surface area contributed by atoms with E-state index < -0.39 is 0 Å². The van der Waals surface area contributed by atoms with Crippen LogP contribution in [0.4, 0.5) is 10.1 Å². The van der Waals surface area contributed by atoms with Crippen LogP contribution in [0.5, 0.6) is 0 Å². The molecule has 4 nitrogen and oxygen atoms in total. The van der Waals surface area contributed by atoms with Crippen molar-refractivity contribution in [3.05, 3.63) is 29.6 Å². The SMILES string of the molecule is CNC(C)c1ccc(N2CCCN(C(C)=O)CC2)c(F)c1. The van der Waals surface area contributed by atoms with Crippen LogP contribution in [0.15, 0.2) is 18.2 Å². The van der Waals surface area contributed by atoms with E-state index in [1.54, 1.807) is 13.0 Å². The lowest BCUT2D eigenvalue weighted by Crippen LogP contribution is -2.33. The lowest BCUT2D eigenvalue weighted by atomic mass is 10.1. The third-order valence-electron chi connectivity index (χ3n) is 4.19. The van der Waals surface area contributed by atoms with E-state index in [0.717, 1.165) is 25.1 Å². The molecule has 1 N–H and O–H groups in total. The molecule has 1 heterocycles. The molecule has 1 aromatic rings. The van der Waals surface area contributed by atoms with Crippen LogP contribution in [0.1, 0.15) is 31.9 Å². The molecule has 0 aliphatic carbocycles. The number of carbonyl (C=O) groups is 1. The Morgan fingerprint density at radius 2 is 2.05 bits per heavy atom. The molecule has 5 heteroatoms. The van der Waals surface area contributed by atoms with Crippen LogP contribution in [0, 0.1) is 5.82 Å². The van der Waals surface area contributed by atoms with Gasteiger partial charge in [0.25, 0.3) is 0 Å². The van der Waals surface area contributed by atoms with Gasteiger partial charge in [-0.2, -0.15) is 0 Å². The second-order valence-corrected chi connectivity index (χ2v) is 5.57. The third-order valence-corrected chi connectivity index (χ3v) is 4.19. The second kappa shape index (κ2) is 6.89. The molecule has 1 amide bonds. The largest absolute Gasteiger partial charge is 0.367 e. The van der Waals surface area contributed by atoms with Crippen LogP contribution in [-0.2, 0) is 4.79 Å². The summed E-state index contributed by atoms with van der Waals surface area (Å²) in [6.45, 7) is 6.46. The molecule has 116 valence electrons. The maximum atomic E-state index is 14.4. The zero-order valence-electron chi connectivity index (χ0n) is 13.0. The normalized spacial score (nSPS) is 17.5. The zero-order valence-corrected chi connectivity index (χ0v) is 13.0. The van der Waals surface area contributed by atoms with Crippen molar-refractivity contribution in [1.29, 1.82) is 0 Å². The lowest BCUT2D eigenvalue weighted by Gasteiger charge is -2.24. The average molecular weight is 293 g/mol. The number of carbonyl (C=O) groups excluding carboxylic acids is 1. The summed E-state index contributed by atoms with van der Waals surface area (Å²) < 4.78 is 14.4. The summed E-state index contributed by atoms with van der Waals surface area (Å²) in [5.74, 6) is -0.0959. The van der Waals surface area contributed by atoms with Gasteiger partial charge in [-0.25, -0.2) is 4.39 Å². The highest BCUT2D eigenvalue weighted by atomic mass is 19.1. The predicted octanol–water partition coefficient (Wildman–Crippen LogP) is 2.16. The average Bonchev–Trinajstić information content (AvgIpc) is 2.72. The van der Waals surface area contributed by atoms with Crippen molar-refractivity contribution in [2.75, 3.05) is 38.1 Å². The molecular weight excluding hydrogens is 269 g/mol. The van der Waals surface area contributed by atoms with E-state index in [-0.39, 0.29) is 17.8 Å². The first-order valence-corrected chi connectivity index (χ1v) is 7.50. The van der Waals surface area contributed by atoms with E-state index in [9.17, 15) is 9.18 Å². The Bertz CT molecular complexity index is 506. The Kier molecular flexibility index (Phi) is 5.17. The monoisotopic (exact) mass is 293 g/mol. The van der Waals surface area contributed by atoms with E-state index in [4.69, 9.17) is 0 Å². The summed E-state index contributed by atoms with van der Waals surface area (Å²) in [7, 11) is 1.86. The Balaban J connectivity index is 2.13. The van der Waals surface area contributed by atoms with Crippen molar-refractivity contribution in [2.45, 2.75) is 26.3 Å². The van der Waals surface area contributed by atoms with Crippen LogP contribution in [0.3, 0.4) is 0 Å². The van der Waals surface area contributed by atoms with Gasteiger partial charge >= 0.3 is 0 Å². The van der Waals surface area contributed by atoms with Gasteiger partial charge < -0.3 is 15.1 Å². The molecule has 1 aromatic carbocycles. The lowest BCUT2D eigenvalue weighted by molar-refractivity contribution is -0.128. The van der Waals surface area contributed by atoms with Crippen LogP contribution >= 0.6 is 0 Å². The Morgan fingerprint density at radius 3 is 2.67 bits per heavy atom. The molecule has 0 aromatic heterocycles. The van der Waals surface area contributed by atoms with Crippen molar-refractivity contribution < 1.29 is 9.18 Å². The number of nitrogens with one attached hydrogen (secondary N) is 1. The molecular formula is C16H24FN3O. The fourth-order valence-corrected chi connectivity index (χ4v) is 2.69. The van der Waals surface area contributed by atoms with Crippen LogP contribution in [-0.4, -0.2) is 44.0 Å². The molecule has 0 saturated carbocycles. The van der Waals surface area contributed by atoms with Crippen molar-refractivity contribution in [3.63, 3.8) is 0 Å². The fourth-order valence-electron chi connectivity index (χ4n) is 2.69. The topological polar surface area (TPSA) is 35.6 Å². The molecule has 1 fully saturated rings. The first-order valence-electron chi connectivity index (χ1n) is 7.50. The number of halogens is 1. The molecule has 0 spiro atoms. The van der Waals surface area contributed by atoms with Crippen LogP contribution in [0.2, 0.25) is 0 Å². The first-order chi connectivity index (χ1) is 10.0. The maximum Gasteiger partial charge on any atom is 0.219 e. The summed E-state index contributed by atoms with van der Waals surface area (Å²) in [5.41, 5.74) is 1.58. The van der Waals surface area contributed by atoms with Crippen molar-refractivity contribution >= 4 is 11.6 Å². The van der Waals surface area contributed by atoms with Gasteiger partial charge in [-0.1, -0.05) is 6.07 Å². The summed E-state index contributed by atoms with van der Waals surface area (Å²) in [6, 6.07) is 5.55. The number of nitrogens with zero attached hydrogens (tertiary/aromatic N) is 2. The minimum absolute atomic E-state index is 0.0931. The van der Waals surface area contributed by atoms with Crippen LogP contribution in [0.25, 0.3) is 0 Å². The molecule has 1 aliphatic rings. The highest BCUT2D eigenvalue weighted by Crippen LogP contribution is 2.24. The number of amides is 1. The Morgan fingerprint density at radius 1 is 1.29 bits per heavy atom. The fraction of sp³-hybridized carbons (Fsp3) is 0.562. The quantitative estimate of drug-likeness (QED) is 0.927. The number of rotatable bonds is 3. The summed E-state index contributed by atoms with van der Waals surface area (Å²) in [6.07, 6.45) is 0.869. The summed E-state index contributed by atoms with van der Waals surface area (Å²) >= 11 is 0. The highest BCUT2D eigenvalue weighted by Gasteiger charge is 2.19. The molecule has 1 saturated heterocycles. The first kappa shape index (κ1) is 15.8. The zero-order chi connectivity index (χ0) is 15.4. The predicted molar refractivity (Wildman–Crippen MR) is 83.0 cm³/mol. The smallest absolute Gasteiger partial charge is 0.219 e. The van der Waals surface area contributed by atoms with E-state index in [1.165, 1.54) is 0 Å². The van der Waals surface area contributed by atoms with Gasteiger partial charge in [-0.05, 0) is 38.1 Å². The Labute approximate surface area is 125 Å². The highest BCUT2D eigenvalue weighted by molar-refractivity contribution is 5.73. The van der Waals surface area contributed by atoms with Crippen molar-refractivity contribution in [2.24, 2.45) is 0 Å². The van der Waals surface area contributed by atoms with Gasteiger partial charge in [-0.15, -0.1) is 0 Å². The molecule has 1 unspecified atom stereocenters. The van der Waals surface area contributed by atoms with Gasteiger partial charge in [0, 0.05) is 39.1 Å². The van der Waals surface area contributed by atoms with Gasteiger partial charge in [0.15, 0.2) is 0 Å². The number of anilines is 1. The summed E-state index contributed by atoms with van der Waals surface area (Å²) in [4.78, 5) is 15.3. The molecule has 21 heavy (non-hydrogen) atoms. The van der Waals surface area contributed by atoms with Gasteiger partial charge in [0.1, 0.15) is 5.82 Å². The molecule has 0 bridgehead atoms. The molecule has 2 rings (SSSR count). The Hall–Kier alpha value is -1.62. The number of hydrogen-bond donors (Lipinski definition) is 1.